The number of amides is 2. The molecule has 1 fully saturated rings. The van der Waals surface area contributed by atoms with Crippen molar-refractivity contribution in [2.24, 2.45) is 5.73 Å². The molecule has 216 valence electrons. The molecule has 1 aromatic heterocycles. The van der Waals surface area contributed by atoms with E-state index in [0.717, 1.165) is 53.9 Å². The highest BCUT2D eigenvalue weighted by molar-refractivity contribution is 5.94. The average Bonchev–Trinajstić information content (AvgIpc) is 3.58. The van der Waals surface area contributed by atoms with Crippen molar-refractivity contribution in [3.63, 3.8) is 0 Å². The van der Waals surface area contributed by atoms with Crippen LogP contribution in [0.3, 0.4) is 0 Å². The zero-order chi connectivity index (χ0) is 29.1. The van der Waals surface area contributed by atoms with Crippen LogP contribution in [0.25, 0.3) is 11.1 Å². The molecule has 2 heterocycles. The number of nitrogens with one attached hydrogen (secondary N) is 1. The lowest BCUT2D eigenvalue weighted by atomic mass is 10.0. The van der Waals surface area contributed by atoms with Gasteiger partial charge in [0.25, 0.3) is 5.91 Å². The molecule has 0 radical (unpaired) electrons. The molecule has 0 atom stereocenters. The van der Waals surface area contributed by atoms with Crippen molar-refractivity contribution in [3.05, 3.63) is 114 Å². The van der Waals surface area contributed by atoms with Gasteiger partial charge >= 0.3 is 6.09 Å². The lowest BCUT2D eigenvalue weighted by Gasteiger charge is -2.24. The Morgan fingerprint density at radius 1 is 0.905 bits per heavy atom. The van der Waals surface area contributed by atoms with Crippen LogP contribution in [0, 0.1) is 0 Å². The Morgan fingerprint density at radius 3 is 2.45 bits per heavy atom. The molecule has 1 aliphatic rings. The molecule has 8 heteroatoms. The monoisotopic (exact) mass is 563 g/mol. The van der Waals surface area contributed by atoms with E-state index in [2.05, 4.69) is 33.4 Å². The van der Waals surface area contributed by atoms with Gasteiger partial charge in [0.05, 0.1) is 16.9 Å². The van der Waals surface area contributed by atoms with E-state index in [1.54, 1.807) is 24.5 Å². The molecule has 1 aliphatic heterocycles. The molecule has 0 bridgehead atoms. The van der Waals surface area contributed by atoms with Gasteiger partial charge in [0, 0.05) is 38.6 Å². The number of nitrogens with two attached hydrogens (primary N) is 1. The summed E-state index contributed by atoms with van der Waals surface area (Å²) in [6.45, 7) is 3.61. The highest BCUT2D eigenvalue weighted by Crippen LogP contribution is 2.34. The molecule has 0 saturated carbocycles. The predicted molar refractivity (Wildman–Crippen MR) is 166 cm³/mol. The molecule has 2 amide bonds. The van der Waals surface area contributed by atoms with Crippen molar-refractivity contribution in [3.8, 4) is 11.1 Å². The van der Waals surface area contributed by atoms with Crippen molar-refractivity contribution >= 4 is 23.4 Å². The third-order valence-corrected chi connectivity index (χ3v) is 7.35. The number of rotatable bonds is 11. The van der Waals surface area contributed by atoms with Gasteiger partial charge in [0.1, 0.15) is 6.61 Å². The molecule has 0 spiro atoms. The summed E-state index contributed by atoms with van der Waals surface area (Å²) in [4.78, 5) is 34.3. The number of ether oxygens (including phenoxy) is 1. The molecule has 3 N–H and O–H groups in total. The van der Waals surface area contributed by atoms with E-state index in [9.17, 15) is 9.59 Å². The second kappa shape index (κ2) is 14.3. The second-order valence-corrected chi connectivity index (χ2v) is 10.4. The number of aromatic nitrogens is 1. The van der Waals surface area contributed by atoms with E-state index in [1.165, 1.54) is 0 Å². The van der Waals surface area contributed by atoms with Crippen LogP contribution >= 0.6 is 0 Å². The van der Waals surface area contributed by atoms with Crippen LogP contribution in [-0.4, -0.2) is 48.1 Å². The Bertz CT molecular complexity index is 1470. The first kappa shape index (κ1) is 28.8. The SMILES string of the molecule is NCCCN(Cc1cccc(-c2ccc(N3CCCC3)c(NC(=O)OCc3ccccc3)c2)c1)C(=O)c1cccnc1. The largest absolute Gasteiger partial charge is 0.444 e. The summed E-state index contributed by atoms with van der Waals surface area (Å²) < 4.78 is 5.53. The predicted octanol–water partition coefficient (Wildman–Crippen LogP) is 6.09. The third kappa shape index (κ3) is 7.53. The van der Waals surface area contributed by atoms with Crippen molar-refractivity contribution in [2.75, 3.05) is 36.4 Å². The highest BCUT2D eigenvalue weighted by Gasteiger charge is 2.19. The number of pyridine rings is 1. The summed E-state index contributed by atoms with van der Waals surface area (Å²) >= 11 is 0. The number of hydrogen-bond donors (Lipinski definition) is 2. The van der Waals surface area contributed by atoms with Gasteiger partial charge in [-0.3, -0.25) is 15.1 Å². The lowest BCUT2D eigenvalue weighted by molar-refractivity contribution is 0.0741. The third-order valence-electron chi connectivity index (χ3n) is 7.35. The smallest absolute Gasteiger partial charge is 0.412 e. The minimum absolute atomic E-state index is 0.0718. The second-order valence-electron chi connectivity index (χ2n) is 10.4. The molecular weight excluding hydrogens is 526 g/mol. The minimum Gasteiger partial charge on any atom is -0.444 e. The van der Waals surface area contributed by atoms with Crippen LogP contribution in [0.2, 0.25) is 0 Å². The quantitative estimate of drug-likeness (QED) is 0.229. The Balaban J connectivity index is 1.36. The molecule has 3 aromatic carbocycles. The first-order valence-corrected chi connectivity index (χ1v) is 14.5. The van der Waals surface area contributed by atoms with Gasteiger partial charge in [-0.2, -0.15) is 0 Å². The summed E-state index contributed by atoms with van der Waals surface area (Å²) in [5, 5.41) is 3.00. The van der Waals surface area contributed by atoms with E-state index in [4.69, 9.17) is 10.5 Å². The number of carbonyl (C=O) groups excluding carboxylic acids is 2. The fourth-order valence-electron chi connectivity index (χ4n) is 5.19. The maximum atomic E-state index is 13.3. The van der Waals surface area contributed by atoms with E-state index in [1.807, 2.05) is 59.5 Å². The van der Waals surface area contributed by atoms with Crippen LogP contribution in [0.5, 0.6) is 0 Å². The molecule has 0 unspecified atom stereocenters. The van der Waals surface area contributed by atoms with Gasteiger partial charge < -0.3 is 20.3 Å². The number of nitrogens with zero attached hydrogens (tertiary/aromatic N) is 3. The number of benzene rings is 3. The van der Waals surface area contributed by atoms with Crippen LogP contribution in [0.4, 0.5) is 16.2 Å². The zero-order valence-electron chi connectivity index (χ0n) is 23.7. The van der Waals surface area contributed by atoms with Crippen molar-refractivity contribution in [1.29, 1.82) is 0 Å². The Labute approximate surface area is 247 Å². The van der Waals surface area contributed by atoms with Crippen LogP contribution in [-0.2, 0) is 17.9 Å². The maximum absolute atomic E-state index is 13.3. The molecule has 1 saturated heterocycles. The van der Waals surface area contributed by atoms with Crippen molar-refractivity contribution in [2.45, 2.75) is 32.4 Å². The van der Waals surface area contributed by atoms with Crippen LogP contribution in [0.1, 0.15) is 40.7 Å². The minimum atomic E-state index is -0.491. The number of anilines is 2. The average molecular weight is 564 g/mol. The molecule has 42 heavy (non-hydrogen) atoms. The van der Waals surface area contributed by atoms with Crippen LogP contribution < -0.4 is 16.0 Å². The maximum Gasteiger partial charge on any atom is 0.412 e. The van der Waals surface area contributed by atoms with E-state index < -0.39 is 6.09 Å². The van der Waals surface area contributed by atoms with E-state index in [-0.39, 0.29) is 12.5 Å². The zero-order valence-corrected chi connectivity index (χ0v) is 23.7. The fraction of sp³-hybridized carbons (Fsp3) is 0.265. The summed E-state index contributed by atoms with van der Waals surface area (Å²) in [5.41, 5.74) is 11.9. The van der Waals surface area contributed by atoms with Gasteiger partial charge in [-0.1, -0.05) is 54.6 Å². The first-order valence-electron chi connectivity index (χ1n) is 14.5. The summed E-state index contributed by atoms with van der Waals surface area (Å²) in [5.74, 6) is -0.0718. The van der Waals surface area contributed by atoms with Gasteiger partial charge in [-0.05, 0) is 78.4 Å². The highest BCUT2D eigenvalue weighted by atomic mass is 16.5. The molecule has 5 rings (SSSR count). The lowest BCUT2D eigenvalue weighted by Crippen LogP contribution is -2.32. The number of hydrogen-bond acceptors (Lipinski definition) is 6. The number of carbonyl (C=O) groups is 2. The molecular formula is C34H37N5O3. The Hall–Kier alpha value is -4.69. The Kier molecular flexibility index (Phi) is 9.80. The van der Waals surface area contributed by atoms with Crippen molar-refractivity contribution in [1.82, 2.24) is 9.88 Å². The van der Waals surface area contributed by atoms with Crippen LogP contribution in [0.15, 0.2) is 97.3 Å². The Morgan fingerprint density at radius 2 is 1.69 bits per heavy atom. The van der Waals surface area contributed by atoms with E-state index in [0.29, 0.717) is 37.3 Å². The van der Waals surface area contributed by atoms with Gasteiger partial charge in [0.15, 0.2) is 0 Å². The molecule has 4 aromatic rings. The topological polar surface area (TPSA) is 101 Å². The standard InChI is InChI=1S/C34H37N5O3/c35-16-8-20-39(33(40)30-13-7-17-36-23-30)24-27-11-6-12-28(21-27)29-14-15-32(38-18-4-5-19-38)31(22-29)37-34(41)42-25-26-9-2-1-3-10-26/h1-3,6-7,9-15,17,21-23H,4-5,8,16,18-20,24-25,35H2,(H,37,41). The fourth-order valence-corrected chi connectivity index (χ4v) is 5.19. The summed E-state index contributed by atoms with van der Waals surface area (Å²) in [6, 6.07) is 27.5. The molecule has 0 aliphatic carbocycles. The summed E-state index contributed by atoms with van der Waals surface area (Å²) in [7, 11) is 0. The normalized spacial score (nSPS) is 12.6. The van der Waals surface area contributed by atoms with Gasteiger partial charge in [-0.15, -0.1) is 0 Å². The summed E-state index contributed by atoms with van der Waals surface area (Å²) in [6.07, 6.45) is 5.72. The van der Waals surface area contributed by atoms with E-state index >= 15 is 0 Å². The molecule has 8 nitrogen and oxygen atoms in total. The van der Waals surface area contributed by atoms with Crippen molar-refractivity contribution < 1.29 is 14.3 Å². The van der Waals surface area contributed by atoms with Gasteiger partial charge in [-0.25, -0.2) is 4.79 Å². The first-order chi connectivity index (χ1) is 20.6. The van der Waals surface area contributed by atoms with Gasteiger partial charge in [0.2, 0.25) is 0 Å².